The molecule has 0 aromatic heterocycles. The summed E-state index contributed by atoms with van der Waals surface area (Å²) in [6.45, 7) is 0. The fourth-order valence-electron chi connectivity index (χ4n) is 1.76. The molecule has 1 amide bonds. The van der Waals surface area contributed by atoms with Crippen molar-refractivity contribution in [3.8, 4) is 0 Å². The zero-order valence-electron chi connectivity index (χ0n) is 10.2. The Bertz CT molecular complexity index is 576. The van der Waals surface area contributed by atoms with Gasteiger partial charge < -0.3 is 5.32 Å². The van der Waals surface area contributed by atoms with E-state index in [0.717, 1.165) is 12.1 Å². The van der Waals surface area contributed by atoms with Gasteiger partial charge in [0.05, 0.1) is 11.1 Å². The molecule has 0 heterocycles. The van der Waals surface area contributed by atoms with Crippen molar-refractivity contribution in [2.45, 2.75) is 30.7 Å². The van der Waals surface area contributed by atoms with Crippen molar-refractivity contribution in [3.05, 3.63) is 33.8 Å². The lowest BCUT2D eigenvalue weighted by molar-refractivity contribution is -0.163. The normalized spacial score (nSPS) is 17.5. The number of alkyl halides is 6. The molecule has 1 aromatic carbocycles. The minimum absolute atomic E-state index is 0.00836. The first kappa shape index (κ1) is 16.1. The van der Waals surface area contributed by atoms with Crippen LogP contribution in [0.1, 0.15) is 28.8 Å². The van der Waals surface area contributed by atoms with Crippen LogP contribution in [0.3, 0.4) is 0 Å². The number of halogens is 7. The summed E-state index contributed by atoms with van der Waals surface area (Å²) in [5, 5.41) is 1.78. The quantitative estimate of drug-likeness (QED) is 0.767. The molecule has 1 fully saturated rings. The van der Waals surface area contributed by atoms with Crippen LogP contribution in [-0.4, -0.2) is 17.6 Å². The van der Waals surface area contributed by atoms with Crippen molar-refractivity contribution < 1.29 is 31.1 Å². The molecule has 0 spiro atoms. The van der Waals surface area contributed by atoms with Crippen LogP contribution in [0.5, 0.6) is 0 Å². The maximum atomic E-state index is 12.7. The van der Waals surface area contributed by atoms with Crippen molar-refractivity contribution in [3.63, 3.8) is 0 Å². The molecule has 21 heavy (non-hydrogen) atoms. The lowest BCUT2D eigenvalue weighted by Crippen LogP contribution is -2.48. The Morgan fingerprint density at radius 3 is 2.14 bits per heavy atom. The largest absolute Gasteiger partial charge is 0.416 e. The summed E-state index contributed by atoms with van der Waals surface area (Å²) >= 11 is 2.87. The Labute approximate surface area is 123 Å². The smallest absolute Gasteiger partial charge is 0.338 e. The molecule has 1 aliphatic rings. The predicted octanol–water partition coefficient (Wildman–Crippen LogP) is 4.29. The highest BCUT2D eigenvalue weighted by Gasteiger charge is 2.64. The summed E-state index contributed by atoms with van der Waals surface area (Å²) in [5.74, 6) is -1.19. The Morgan fingerprint density at radius 1 is 1.14 bits per heavy atom. The van der Waals surface area contributed by atoms with Crippen LogP contribution in [0, 0.1) is 0 Å². The number of benzene rings is 1. The van der Waals surface area contributed by atoms with Crippen molar-refractivity contribution in [1.82, 2.24) is 5.32 Å². The van der Waals surface area contributed by atoms with E-state index in [2.05, 4.69) is 15.9 Å². The molecular weight excluding hydrogens is 368 g/mol. The van der Waals surface area contributed by atoms with Crippen LogP contribution in [0.4, 0.5) is 26.3 Å². The van der Waals surface area contributed by atoms with Gasteiger partial charge in [-0.25, -0.2) is 0 Å². The molecule has 2 rings (SSSR count). The maximum absolute atomic E-state index is 12.7. The van der Waals surface area contributed by atoms with E-state index in [1.807, 2.05) is 0 Å². The summed E-state index contributed by atoms with van der Waals surface area (Å²) in [6, 6.07) is 2.23. The van der Waals surface area contributed by atoms with Crippen LogP contribution in [0.25, 0.3) is 0 Å². The fourth-order valence-corrected chi connectivity index (χ4v) is 2.19. The molecule has 2 nitrogen and oxygen atoms in total. The number of hydrogen-bond acceptors (Lipinski definition) is 1. The van der Waals surface area contributed by atoms with Crippen LogP contribution in [0.15, 0.2) is 22.7 Å². The Balaban J connectivity index is 2.28. The van der Waals surface area contributed by atoms with Gasteiger partial charge in [-0.1, -0.05) is 0 Å². The fraction of sp³-hybridized carbons (Fsp3) is 0.417. The number of rotatable bonds is 2. The second-order valence-corrected chi connectivity index (χ2v) is 5.58. The first-order valence-electron chi connectivity index (χ1n) is 5.72. The van der Waals surface area contributed by atoms with Crippen LogP contribution >= 0.6 is 15.9 Å². The van der Waals surface area contributed by atoms with Gasteiger partial charge in [0.1, 0.15) is 5.54 Å². The molecule has 1 saturated carbocycles. The number of carbonyl (C=O) groups excluding carboxylic acids is 1. The molecule has 1 aliphatic carbocycles. The van der Waals surface area contributed by atoms with E-state index in [1.165, 1.54) is 0 Å². The van der Waals surface area contributed by atoms with Crippen molar-refractivity contribution in [1.29, 1.82) is 0 Å². The monoisotopic (exact) mass is 375 g/mol. The van der Waals surface area contributed by atoms with Crippen molar-refractivity contribution in [2.75, 3.05) is 0 Å². The molecule has 0 aliphatic heterocycles. The van der Waals surface area contributed by atoms with Gasteiger partial charge in [-0.3, -0.25) is 4.79 Å². The number of hydrogen-bond donors (Lipinski definition) is 1. The topological polar surface area (TPSA) is 29.1 Å². The molecule has 0 bridgehead atoms. The average Bonchev–Trinajstić information content (AvgIpc) is 3.08. The zero-order valence-corrected chi connectivity index (χ0v) is 11.8. The molecule has 0 atom stereocenters. The SMILES string of the molecule is O=C(NC1(C(F)(F)F)CC1)c1cc(C(F)(F)F)ccc1Br. The molecule has 0 unspecified atom stereocenters. The highest BCUT2D eigenvalue weighted by atomic mass is 79.9. The van der Waals surface area contributed by atoms with E-state index < -0.39 is 34.9 Å². The molecule has 1 N–H and O–H groups in total. The van der Waals surface area contributed by atoms with Crippen LogP contribution < -0.4 is 5.32 Å². The lowest BCUT2D eigenvalue weighted by Gasteiger charge is -2.21. The van der Waals surface area contributed by atoms with Gasteiger partial charge in [0.15, 0.2) is 0 Å². The summed E-state index contributed by atoms with van der Waals surface area (Å²) in [5.41, 5.74) is -3.91. The van der Waals surface area contributed by atoms with Crippen molar-refractivity contribution in [2.24, 2.45) is 0 Å². The first-order valence-corrected chi connectivity index (χ1v) is 6.52. The summed E-state index contributed by atoms with van der Waals surface area (Å²) in [6.07, 6.45) is -9.87. The number of nitrogens with one attached hydrogen (secondary N) is 1. The molecule has 1 aromatic rings. The van der Waals surface area contributed by atoms with Crippen LogP contribution in [-0.2, 0) is 6.18 Å². The lowest BCUT2D eigenvalue weighted by atomic mass is 10.1. The van der Waals surface area contributed by atoms with Gasteiger partial charge in [-0.2, -0.15) is 26.3 Å². The third-order valence-corrected chi connectivity index (χ3v) is 3.88. The minimum Gasteiger partial charge on any atom is -0.338 e. The van der Waals surface area contributed by atoms with E-state index in [-0.39, 0.29) is 17.3 Å². The number of carbonyl (C=O) groups is 1. The van der Waals surface area contributed by atoms with E-state index in [1.54, 1.807) is 5.32 Å². The maximum Gasteiger partial charge on any atom is 0.416 e. The van der Waals surface area contributed by atoms with E-state index in [0.29, 0.717) is 6.07 Å². The van der Waals surface area contributed by atoms with E-state index >= 15 is 0 Å². The van der Waals surface area contributed by atoms with Gasteiger partial charge in [-0.15, -0.1) is 0 Å². The molecule has 0 saturated heterocycles. The minimum atomic E-state index is -4.68. The number of amides is 1. The molecule has 0 radical (unpaired) electrons. The second-order valence-electron chi connectivity index (χ2n) is 4.73. The van der Waals surface area contributed by atoms with E-state index in [9.17, 15) is 31.1 Å². The Morgan fingerprint density at radius 2 is 1.71 bits per heavy atom. The summed E-state index contributed by atoms with van der Waals surface area (Å²) < 4.78 is 75.9. The van der Waals surface area contributed by atoms with Gasteiger partial charge in [-0.05, 0) is 47.0 Å². The highest BCUT2D eigenvalue weighted by molar-refractivity contribution is 9.10. The molecular formula is C12H8BrF6NO. The average molecular weight is 376 g/mol. The van der Waals surface area contributed by atoms with Gasteiger partial charge >= 0.3 is 12.4 Å². The van der Waals surface area contributed by atoms with Crippen LogP contribution in [0.2, 0.25) is 0 Å². The second kappa shape index (κ2) is 4.89. The van der Waals surface area contributed by atoms with Gasteiger partial charge in [0.2, 0.25) is 0 Å². The van der Waals surface area contributed by atoms with Crippen molar-refractivity contribution >= 4 is 21.8 Å². The Hall–Kier alpha value is -1.25. The van der Waals surface area contributed by atoms with Gasteiger partial charge in [0, 0.05) is 4.47 Å². The summed E-state index contributed by atoms with van der Waals surface area (Å²) in [7, 11) is 0. The first-order chi connectivity index (χ1) is 9.46. The van der Waals surface area contributed by atoms with E-state index in [4.69, 9.17) is 0 Å². The predicted molar refractivity (Wildman–Crippen MR) is 64.6 cm³/mol. The standard InChI is InChI=1S/C12H8BrF6NO/c13-8-2-1-6(11(14,15)16)5-7(8)9(21)20-10(3-4-10)12(17,18)19/h1-2,5H,3-4H2,(H,20,21). The molecule has 116 valence electrons. The third-order valence-electron chi connectivity index (χ3n) is 3.18. The summed E-state index contributed by atoms with van der Waals surface area (Å²) in [4.78, 5) is 11.8. The Kier molecular flexibility index (Phi) is 3.76. The highest BCUT2D eigenvalue weighted by Crippen LogP contribution is 2.49. The van der Waals surface area contributed by atoms with Gasteiger partial charge in [0.25, 0.3) is 5.91 Å². The third kappa shape index (κ3) is 3.17. The molecule has 9 heteroatoms. The zero-order chi connectivity index (χ0) is 16.1.